The summed E-state index contributed by atoms with van der Waals surface area (Å²) < 4.78 is 38.3. The van der Waals surface area contributed by atoms with Crippen molar-refractivity contribution in [3.05, 3.63) is 27.7 Å². The molecule has 19 heavy (non-hydrogen) atoms. The Labute approximate surface area is 117 Å². The Morgan fingerprint density at radius 1 is 1.26 bits per heavy atom. The Hall–Kier alpha value is -0.750. The molecule has 3 N–H and O–H groups in total. The number of phenols is 1. The van der Waals surface area contributed by atoms with Crippen molar-refractivity contribution >= 4 is 15.9 Å². The van der Waals surface area contributed by atoms with Crippen LogP contribution in [0.3, 0.4) is 0 Å². The van der Waals surface area contributed by atoms with Gasteiger partial charge in [0.05, 0.1) is 5.56 Å². The molecular weight excluding hydrogens is 323 g/mol. The molecule has 0 atom stereocenters. The second-order valence-electron chi connectivity index (χ2n) is 5.04. The van der Waals surface area contributed by atoms with Gasteiger partial charge in [0.25, 0.3) is 0 Å². The van der Waals surface area contributed by atoms with Gasteiger partial charge in [-0.3, -0.25) is 0 Å². The van der Waals surface area contributed by atoms with Crippen LogP contribution in [0.4, 0.5) is 13.2 Å². The van der Waals surface area contributed by atoms with Crippen LogP contribution >= 0.6 is 15.9 Å². The molecule has 6 heteroatoms. The van der Waals surface area contributed by atoms with E-state index in [0.717, 1.165) is 37.8 Å². The van der Waals surface area contributed by atoms with Crippen LogP contribution in [0, 0.1) is 0 Å². The second kappa shape index (κ2) is 4.98. The lowest BCUT2D eigenvalue weighted by atomic mass is 9.78. The Morgan fingerprint density at radius 3 is 2.26 bits per heavy atom. The van der Waals surface area contributed by atoms with Crippen LogP contribution in [0.2, 0.25) is 0 Å². The SMILES string of the molecule is NCC1(c2c(O)cc(C(F)(F)F)cc2Br)CCCC1. The van der Waals surface area contributed by atoms with Gasteiger partial charge in [-0.2, -0.15) is 13.2 Å². The van der Waals surface area contributed by atoms with Crippen LogP contribution in [0.15, 0.2) is 16.6 Å². The third kappa shape index (κ3) is 2.60. The van der Waals surface area contributed by atoms with E-state index in [1.54, 1.807) is 0 Å². The van der Waals surface area contributed by atoms with Gasteiger partial charge < -0.3 is 10.8 Å². The highest BCUT2D eigenvalue weighted by atomic mass is 79.9. The van der Waals surface area contributed by atoms with Gasteiger partial charge in [-0.05, 0) is 25.0 Å². The molecule has 0 unspecified atom stereocenters. The summed E-state index contributed by atoms with van der Waals surface area (Å²) in [6.07, 6.45) is -0.930. The van der Waals surface area contributed by atoms with Gasteiger partial charge in [-0.1, -0.05) is 28.8 Å². The van der Waals surface area contributed by atoms with E-state index in [0.29, 0.717) is 12.1 Å². The maximum absolute atomic E-state index is 12.7. The predicted octanol–water partition coefficient (Wildman–Crippen LogP) is 3.94. The Balaban J connectivity index is 2.54. The van der Waals surface area contributed by atoms with E-state index in [9.17, 15) is 18.3 Å². The van der Waals surface area contributed by atoms with E-state index in [4.69, 9.17) is 5.73 Å². The molecule has 1 aliphatic carbocycles. The summed E-state index contributed by atoms with van der Waals surface area (Å²) in [5, 5.41) is 10.0. The first-order valence-electron chi connectivity index (χ1n) is 6.10. The standard InChI is InChI=1S/C13H15BrF3NO/c14-9-5-8(13(15,16)17)6-10(19)11(9)12(7-18)3-1-2-4-12/h5-6,19H,1-4,7,18H2. The van der Waals surface area contributed by atoms with Gasteiger partial charge in [0, 0.05) is 22.0 Å². The molecule has 0 amide bonds. The maximum Gasteiger partial charge on any atom is 0.416 e. The number of halogens is 4. The molecule has 1 aromatic carbocycles. The lowest BCUT2D eigenvalue weighted by Crippen LogP contribution is -2.32. The third-order valence-electron chi connectivity index (χ3n) is 3.88. The van der Waals surface area contributed by atoms with Crippen LogP contribution in [-0.2, 0) is 11.6 Å². The fourth-order valence-electron chi connectivity index (χ4n) is 2.89. The highest BCUT2D eigenvalue weighted by molar-refractivity contribution is 9.10. The average molecular weight is 338 g/mol. The number of benzene rings is 1. The monoisotopic (exact) mass is 337 g/mol. The van der Waals surface area contributed by atoms with Gasteiger partial charge in [0.1, 0.15) is 5.75 Å². The molecule has 2 nitrogen and oxygen atoms in total. The molecule has 0 saturated heterocycles. The Kier molecular flexibility index (Phi) is 3.84. The predicted molar refractivity (Wildman–Crippen MR) is 70.0 cm³/mol. The molecule has 106 valence electrons. The van der Waals surface area contributed by atoms with E-state index in [1.807, 2.05) is 0 Å². The number of hydrogen-bond acceptors (Lipinski definition) is 2. The second-order valence-corrected chi connectivity index (χ2v) is 5.90. The van der Waals surface area contributed by atoms with Crippen molar-refractivity contribution in [3.63, 3.8) is 0 Å². The Morgan fingerprint density at radius 2 is 1.84 bits per heavy atom. The van der Waals surface area contributed by atoms with Crippen molar-refractivity contribution in [1.29, 1.82) is 0 Å². The van der Waals surface area contributed by atoms with Crippen LogP contribution in [0.25, 0.3) is 0 Å². The lowest BCUT2D eigenvalue weighted by Gasteiger charge is -2.30. The van der Waals surface area contributed by atoms with Gasteiger partial charge in [0.2, 0.25) is 0 Å². The largest absolute Gasteiger partial charge is 0.508 e. The normalized spacial score (nSPS) is 18.8. The molecule has 1 aliphatic rings. The minimum Gasteiger partial charge on any atom is -0.508 e. The number of aromatic hydroxyl groups is 1. The Bertz CT molecular complexity index is 458. The summed E-state index contributed by atoms with van der Waals surface area (Å²) in [6, 6.07) is 1.81. The summed E-state index contributed by atoms with van der Waals surface area (Å²) in [6.45, 7) is 0.324. The number of phenolic OH excluding ortho intramolecular Hbond substituents is 1. The molecule has 1 fully saturated rings. The van der Waals surface area contributed by atoms with Gasteiger partial charge in [-0.15, -0.1) is 0 Å². The zero-order valence-corrected chi connectivity index (χ0v) is 11.8. The average Bonchev–Trinajstić information content (AvgIpc) is 2.76. The van der Waals surface area contributed by atoms with Crippen molar-refractivity contribution < 1.29 is 18.3 Å². The van der Waals surface area contributed by atoms with E-state index in [-0.39, 0.29) is 10.2 Å². The molecule has 0 heterocycles. The molecule has 1 saturated carbocycles. The van der Waals surface area contributed by atoms with Crippen LogP contribution < -0.4 is 5.73 Å². The molecule has 2 rings (SSSR count). The summed E-state index contributed by atoms with van der Waals surface area (Å²) in [7, 11) is 0. The van der Waals surface area contributed by atoms with E-state index in [1.165, 1.54) is 0 Å². The van der Waals surface area contributed by atoms with Crippen LogP contribution in [-0.4, -0.2) is 11.7 Å². The summed E-state index contributed by atoms with van der Waals surface area (Å²) in [5.41, 5.74) is 5.06. The summed E-state index contributed by atoms with van der Waals surface area (Å²) in [5.74, 6) is -0.325. The van der Waals surface area contributed by atoms with Crippen LogP contribution in [0.1, 0.15) is 36.8 Å². The quantitative estimate of drug-likeness (QED) is 0.858. The van der Waals surface area contributed by atoms with Crippen molar-refractivity contribution in [1.82, 2.24) is 0 Å². The highest BCUT2D eigenvalue weighted by Gasteiger charge is 2.40. The molecule has 0 aliphatic heterocycles. The van der Waals surface area contributed by atoms with Crippen molar-refractivity contribution in [3.8, 4) is 5.75 Å². The fraction of sp³-hybridized carbons (Fsp3) is 0.538. The molecular formula is C13H15BrF3NO. The zero-order chi connectivity index (χ0) is 14.3. The minimum atomic E-state index is -4.47. The molecule has 0 spiro atoms. The van der Waals surface area contributed by atoms with Crippen molar-refractivity contribution in [2.45, 2.75) is 37.3 Å². The molecule has 1 aromatic rings. The third-order valence-corrected chi connectivity index (χ3v) is 4.50. The van der Waals surface area contributed by atoms with Gasteiger partial charge in [-0.25, -0.2) is 0 Å². The molecule has 0 radical (unpaired) electrons. The zero-order valence-electron chi connectivity index (χ0n) is 10.2. The molecule has 0 aromatic heterocycles. The summed E-state index contributed by atoms with van der Waals surface area (Å²) in [4.78, 5) is 0. The molecule has 0 bridgehead atoms. The van der Waals surface area contributed by atoms with Crippen molar-refractivity contribution in [2.75, 3.05) is 6.54 Å². The topological polar surface area (TPSA) is 46.2 Å². The van der Waals surface area contributed by atoms with Gasteiger partial charge in [0.15, 0.2) is 0 Å². The first-order chi connectivity index (χ1) is 8.80. The van der Waals surface area contributed by atoms with E-state index >= 15 is 0 Å². The van der Waals surface area contributed by atoms with E-state index < -0.39 is 17.2 Å². The number of nitrogens with two attached hydrogens (primary N) is 1. The first-order valence-corrected chi connectivity index (χ1v) is 6.90. The summed E-state index contributed by atoms with van der Waals surface area (Å²) >= 11 is 3.16. The number of rotatable bonds is 2. The van der Waals surface area contributed by atoms with Crippen LogP contribution in [0.5, 0.6) is 5.75 Å². The van der Waals surface area contributed by atoms with E-state index in [2.05, 4.69) is 15.9 Å². The van der Waals surface area contributed by atoms with Crippen molar-refractivity contribution in [2.24, 2.45) is 5.73 Å². The number of alkyl halides is 3. The minimum absolute atomic E-state index is 0.284. The fourth-order valence-corrected chi connectivity index (χ4v) is 3.76. The first kappa shape index (κ1) is 14.7. The van der Waals surface area contributed by atoms with Gasteiger partial charge >= 0.3 is 6.18 Å². The smallest absolute Gasteiger partial charge is 0.416 e. The highest BCUT2D eigenvalue weighted by Crippen LogP contribution is 2.48. The number of hydrogen-bond donors (Lipinski definition) is 2. The maximum atomic E-state index is 12.7. The lowest BCUT2D eigenvalue weighted by molar-refractivity contribution is -0.137.